The summed E-state index contributed by atoms with van der Waals surface area (Å²) in [4.78, 5) is 17.2. The summed E-state index contributed by atoms with van der Waals surface area (Å²) in [6.07, 6.45) is 6.48. The van der Waals surface area contributed by atoms with Gasteiger partial charge in [-0.1, -0.05) is 12.5 Å². The van der Waals surface area contributed by atoms with Gasteiger partial charge in [-0.2, -0.15) is 9.57 Å². The minimum atomic E-state index is -3.60. The smallest absolute Gasteiger partial charge is 0.266 e. The predicted molar refractivity (Wildman–Crippen MR) is 115 cm³/mol. The fourth-order valence-electron chi connectivity index (χ4n) is 3.37. The molecule has 30 heavy (non-hydrogen) atoms. The van der Waals surface area contributed by atoms with Crippen molar-refractivity contribution >= 4 is 39.0 Å². The van der Waals surface area contributed by atoms with E-state index >= 15 is 0 Å². The quantitative estimate of drug-likeness (QED) is 0.542. The molecule has 1 aliphatic carbocycles. The van der Waals surface area contributed by atoms with Gasteiger partial charge in [0.15, 0.2) is 0 Å². The first-order chi connectivity index (χ1) is 14.5. The molecule has 1 aromatic heterocycles. The molecule has 1 saturated carbocycles. The van der Waals surface area contributed by atoms with Gasteiger partial charge in [-0.15, -0.1) is 11.3 Å². The summed E-state index contributed by atoms with van der Waals surface area (Å²) in [7, 11) is -3.60. The van der Waals surface area contributed by atoms with Gasteiger partial charge in [0.25, 0.3) is 5.91 Å². The Morgan fingerprint density at radius 1 is 1.27 bits per heavy atom. The van der Waals surface area contributed by atoms with Crippen molar-refractivity contribution in [3.05, 3.63) is 45.9 Å². The van der Waals surface area contributed by atoms with Crippen LogP contribution in [0.4, 0.5) is 5.69 Å². The van der Waals surface area contributed by atoms with Gasteiger partial charge in [-0.3, -0.25) is 4.79 Å². The fourth-order valence-corrected chi connectivity index (χ4v) is 5.88. The highest BCUT2D eigenvalue weighted by Gasteiger charge is 2.27. The highest BCUT2D eigenvalue weighted by molar-refractivity contribution is 7.89. The largest absolute Gasteiger partial charge is 0.321 e. The Balaban J connectivity index is 1.50. The van der Waals surface area contributed by atoms with Crippen molar-refractivity contribution in [2.24, 2.45) is 0 Å². The highest BCUT2D eigenvalue weighted by atomic mass is 32.2. The van der Waals surface area contributed by atoms with E-state index in [1.165, 1.54) is 33.9 Å². The van der Waals surface area contributed by atoms with Crippen LogP contribution in [-0.2, 0) is 14.8 Å². The Bertz CT molecular complexity index is 1120. The molecule has 1 amide bonds. The maximum atomic E-state index is 12.9. The number of thiazole rings is 1. The number of hydrogen-bond acceptors (Lipinski definition) is 6. The molecule has 1 saturated heterocycles. The van der Waals surface area contributed by atoms with Crippen molar-refractivity contribution in [2.75, 3.05) is 18.4 Å². The van der Waals surface area contributed by atoms with Gasteiger partial charge in [-0.05, 0) is 50.0 Å². The van der Waals surface area contributed by atoms with Crippen LogP contribution >= 0.6 is 11.3 Å². The molecule has 0 spiro atoms. The van der Waals surface area contributed by atoms with Crippen LogP contribution < -0.4 is 5.32 Å². The van der Waals surface area contributed by atoms with Crippen LogP contribution in [0.3, 0.4) is 0 Å². The molecule has 1 N–H and O–H groups in total. The molecule has 9 heteroatoms. The predicted octanol–water partition coefficient (Wildman–Crippen LogP) is 3.74. The summed E-state index contributed by atoms with van der Waals surface area (Å²) in [6, 6.07) is 8.06. The number of carbonyl (C=O) groups excluding carboxylic acids is 1. The molecule has 2 aromatic rings. The van der Waals surface area contributed by atoms with E-state index in [4.69, 9.17) is 0 Å². The molecule has 4 rings (SSSR count). The maximum absolute atomic E-state index is 12.9. The fraction of sp³-hybridized carbons (Fsp3) is 0.381. The number of nitrogens with one attached hydrogen (secondary N) is 1. The first-order valence-electron chi connectivity index (χ1n) is 9.96. The number of nitriles is 1. The van der Waals surface area contributed by atoms with Crippen LogP contribution in [0.2, 0.25) is 0 Å². The van der Waals surface area contributed by atoms with E-state index in [2.05, 4.69) is 10.3 Å². The second-order valence-corrected chi connectivity index (χ2v) is 10.3. The standard InChI is InChI=1S/C21H22N4O3S2/c22-13-16(11-18-14-29-21(24-18)15-7-8-15)20(26)23-17-5-4-6-19(12-17)30(27,28)25-9-2-1-3-10-25/h4-6,11-12,14-15H,1-3,7-10H2,(H,23,26). The zero-order chi connectivity index (χ0) is 21.1. The van der Waals surface area contributed by atoms with Gasteiger partial charge in [0, 0.05) is 30.1 Å². The number of carbonyl (C=O) groups is 1. The lowest BCUT2D eigenvalue weighted by molar-refractivity contribution is -0.112. The van der Waals surface area contributed by atoms with E-state index in [1.807, 2.05) is 11.4 Å². The summed E-state index contributed by atoms with van der Waals surface area (Å²) in [5.41, 5.74) is 0.846. The zero-order valence-corrected chi connectivity index (χ0v) is 18.0. The monoisotopic (exact) mass is 442 g/mol. The van der Waals surface area contributed by atoms with Gasteiger partial charge < -0.3 is 5.32 Å². The van der Waals surface area contributed by atoms with E-state index in [1.54, 1.807) is 12.1 Å². The van der Waals surface area contributed by atoms with Crippen molar-refractivity contribution < 1.29 is 13.2 Å². The number of amides is 1. The normalized spacial score (nSPS) is 18.0. The number of nitrogens with zero attached hydrogens (tertiary/aromatic N) is 3. The van der Waals surface area contributed by atoms with Crippen LogP contribution in [0, 0.1) is 11.3 Å². The average Bonchev–Trinajstić information content (AvgIpc) is 3.51. The lowest BCUT2D eigenvalue weighted by Crippen LogP contribution is -2.35. The molecule has 0 atom stereocenters. The van der Waals surface area contributed by atoms with Crippen molar-refractivity contribution in [3.63, 3.8) is 0 Å². The Hall–Kier alpha value is -2.54. The molecule has 2 fully saturated rings. The van der Waals surface area contributed by atoms with Crippen molar-refractivity contribution in [2.45, 2.75) is 42.9 Å². The third kappa shape index (κ3) is 4.61. The average molecular weight is 443 g/mol. The molecule has 2 heterocycles. The number of aromatic nitrogens is 1. The molecular weight excluding hydrogens is 420 g/mol. The molecule has 1 aromatic carbocycles. The summed E-state index contributed by atoms with van der Waals surface area (Å²) in [5.74, 6) is -0.0768. The van der Waals surface area contributed by atoms with Crippen molar-refractivity contribution in [3.8, 4) is 6.07 Å². The Morgan fingerprint density at radius 2 is 2.03 bits per heavy atom. The molecule has 0 unspecified atom stereocenters. The van der Waals surface area contributed by atoms with Gasteiger partial charge in [0.2, 0.25) is 10.0 Å². The summed E-state index contributed by atoms with van der Waals surface area (Å²) in [5, 5.41) is 14.9. The second kappa shape index (κ2) is 8.68. The molecule has 7 nitrogen and oxygen atoms in total. The lowest BCUT2D eigenvalue weighted by Gasteiger charge is -2.26. The van der Waals surface area contributed by atoms with Crippen LogP contribution in [0.5, 0.6) is 0 Å². The maximum Gasteiger partial charge on any atom is 0.266 e. The third-order valence-corrected chi connectivity index (χ3v) is 8.09. The number of benzene rings is 1. The number of sulfonamides is 1. The highest BCUT2D eigenvalue weighted by Crippen LogP contribution is 2.41. The summed E-state index contributed by atoms with van der Waals surface area (Å²) >= 11 is 1.54. The first-order valence-corrected chi connectivity index (χ1v) is 12.3. The number of piperidine rings is 1. The minimum Gasteiger partial charge on any atom is -0.321 e. The first kappa shape index (κ1) is 20.7. The topological polar surface area (TPSA) is 103 Å². The van der Waals surface area contributed by atoms with Crippen molar-refractivity contribution in [1.29, 1.82) is 5.26 Å². The van der Waals surface area contributed by atoms with E-state index in [9.17, 15) is 18.5 Å². The lowest BCUT2D eigenvalue weighted by atomic mass is 10.2. The Labute approximate surface area is 180 Å². The second-order valence-electron chi connectivity index (χ2n) is 7.50. The number of anilines is 1. The van der Waals surface area contributed by atoms with Gasteiger partial charge in [-0.25, -0.2) is 13.4 Å². The van der Waals surface area contributed by atoms with E-state index < -0.39 is 15.9 Å². The third-order valence-electron chi connectivity index (χ3n) is 5.17. The van der Waals surface area contributed by atoms with Crippen LogP contribution in [-0.4, -0.2) is 36.7 Å². The molecule has 156 valence electrons. The van der Waals surface area contributed by atoms with Gasteiger partial charge in [0.05, 0.1) is 15.6 Å². The Kier molecular flexibility index (Phi) is 5.99. The van der Waals surface area contributed by atoms with Crippen LogP contribution in [0.15, 0.2) is 40.1 Å². The van der Waals surface area contributed by atoms with E-state index in [0.29, 0.717) is 30.4 Å². The molecule has 0 radical (unpaired) electrons. The van der Waals surface area contributed by atoms with Crippen LogP contribution in [0.25, 0.3) is 6.08 Å². The molecule has 0 bridgehead atoms. The van der Waals surface area contributed by atoms with Crippen molar-refractivity contribution in [1.82, 2.24) is 9.29 Å². The molecule has 2 aliphatic rings. The Morgan fingerprint density at radius 3 is 2.73 bits per heavy atom. The SMILES string of the molecule is N#CC(=Cc1csc(C2CC2)n1)C(=O)Nc1cccc(S(=O)(=O)N2CCCCC2)c1. The van der Waals surface area contributed by atoms with Gasteiger partial charge >= 0.3 is 0 Å². The molecular formula is C21H22N4O3S2. The molecule has 1 aliphatic heterocycles. The van der Waals surface area contributed by atoms with E-state index in [-0.39, 0.29) is 10.5 Å². The minimum absolute atomic E-state index is 0.0769. The summed E-state index contributed by atoms with van der Waals surface area (Å²) in [6.45, 7) is 1.02. The number of hydrogen-bond donors (Lipinski definition) is 1. The summed E-state index contributed by atoms with van der Waals surface area (Å²) < 4.78 is 27.2. The van der Waals surface area contributed by atoms with Gasteiger partial charge in [0.1, 0.15) is 11.6 Å². The van der Waals surface area contributed by atoms with E-state index in [0.717, 1.165) is 37.1 Å². The van der Waals surface area contributed by atoms with Crippen LogP contribution in [0.1, 0.15) is 48.7 Å². The number of rotatable bonds is 6. The zero-order valence-electron chi connectivity index (χ0n) is 16.4.